The number of aldehydes is 1. The number of hydrazine groups is 1. The number of anilines is 2. The number of nitrogen functional groups attached to an aromatic ring is 1. The summed E-state index contributed by atoms with van der Waals surface area (Å²) in [5, 5.41) is 1.54. The zero-order chi connectivity index (χ0) is 27.4. The van der Waals surface area contributed by atoms with Gasteiger partial charge in [0.25, 0.3) is 0 Å². The van der Waals surface area contributed by atoms with E-state index in [0.29, 0.717) is 5.69 Å². The smallest absolute Gasteiger partial charge is 0.126 e. The van der Waals surface area contributed by atoms with Gasteiger partial charge in [0.2, 0.25) is 0 Å². The minimum Gasteiger partial charge on any atom is -0.397 e. The maximum absolute atomic E-state index is 12.4. The molecule has 4 N–H and O–H groups in total. The molecule has 1 fully saturated rings. The highest BCUT2D eigenvalue weighted by molar-refractivity contribution is 5.74. The van der Waals surface area contributed by atoms with Crippen LogP contribution in [0.5, 0.6) is 0 Å². The van der Waals surface area contributed by atoms with Crippen molar-refractivity contribution in [3.8, 4) is 0 Å². The second-order valence-corrected chi connectivity index (χ2v) is 11.9. The highest BCUT2D eigenvalue weighted by Gasteiger charge is 2.34. The van der Waals surface area contributed by atoms with E-state index in [0.717, 1.165) is 47.5 Å². The molecule has 6 heteroatoms. The predicted molar refractivity (Wildman–Crippen MR) is 157 cm³/mol. The number of aromatic nitrogens is 2. The first-order valence-electron chi connectivity index (χ1n) is 14.1. The van der Waals surface area contributed by atoms with Crippen molar-refractivity contribution in [3.63, 3.8) is 0 Å². The van der Waals surface area contributed by atoms with Crippen molar-refractivity contribution in [3.05, 3.63) is 76.4 Å². The molecule has 1 atom stereocenters. The van der Waals surface area contributed by atoms with Gasteiger partial charge < -0.3 is 20.1 Å². The molecular formula is C32H45N5O. The van der Waals surface area contributed by atoms with Crippen LogP contribution in [0.2, 0.25) is 0 Å². The lowest BCUT2D eigenvalue weighted by molar-refractivity contribution is -0.115. The molecule has 4 rings (SSSR count). The summed E-state index contributed by atoms with van der Waals surface area (Å²) in [6.45, 7) is 8.96. The first kappa shape index (κ1) is 27.9. The summed E-state index contributed by atoms with van der Waals surface area (Å²) in [6.07, 6.45) is 14.2. The summed E-state index contributed by atoms with van der Waals surface area (Å²) in [6, 6.07) is 10.6. The highest BCUT2D eigenvalue weighted by Crippen LogP contribution is 2.44. The predicted octanol–water partition coefficient (Wildman–Crippen LogP) is 6.31. The fourth-order valence-corrected chi connectivity index (χ4v) is 6.15. The van der Waals surface area contributed by atoms with Gasteiger partial charge in [0.05, 0.1) is 11.4 Å². The molecule has 6 nitrogen and oxygen atoms in total. The lowest BCUT2D eigenvalue weighted by Gasteiger charge is -2.33. The fraction of sp³-hybridized carbons (Fsp3) is 0.500. The van der Waals surface area contributed by atoms with E-state index in [-0.39, 0.29) is 5.92 Å². The van der Waals surface area contributed by atoms with Gasteiger partial charge in [0.15, 0.2) is 0 Å². The molecule has 1 aliphatic rings. The Hall–Kier alpha value is -3.12. The minimum atomic E-state index is -0.625. The molecule has 3 aromatic rings. The molecule has 1 aliphatic carbocycles. The van der Waals surface area contributed by atoms with Crippen molar-refractivity contribution in [2.24, 2.45) is 17.2 Å². The molecule has 0 radical (unpaired) electrons. The molecule has 1 heterocycles. The zero-order valence-corrected chi connectivity index (χ0v) is 23.8. The van der Waals surface area contributed by atoms with E-state index in [4.69, 9.17) is 16.6 Å². The Morgan fingerprint density at radius 1 is 1.13 bits per heavy atom. The number of aryl methyl sites for hydroxylation is 1. The second kappa shape index (κ2) is 11.7. The number of imidazole rings is 1. The number of benzene rings is 2. The third-order valence-electron chi connectivity index (χ3n) is 8.57. The average molecular weight is 516 g/mol. The lowest BCUT2D eigenvalue weighted by atomic mass is 9.70. The molecule has 38 heavy (non-hydrogen) atoms. The maximum Gasteiger partial charge on any atom is 0.126 e. The van der Waals surface area contributed by atoms with Crippen LogP contribution in [0.15, 0.2) is 42.7 Å². The number of nitrogens with two attached hydrogens (primary N) is 2. The summed E-state index contributed by atoms with van der Waals surface area (Å²) < 4.78 is 2.31. The van der Waals surface area contributed by atoms with E-state index in [2.05, 4.69) is 42.0 Å². The molecule has 0 saturated heterocycles. The first-order valence-corrected chi connectivity index (χ1v) is 14.1. The topological polar surface area (TPSA) is 90.2 Å². The van der Waals surface area contributed by atoms with Crippen LogP contribution in [0, 0.1) is 25.2 Å². The van der Waals surface area contributed by atoms with E-state index in [1.807, 2.05) is 33.0 Å². The molecule has 0 spiro atoms. The lowest BCUT2D eigenvalue weighted by Crippen LogP contribution is -2.28. The Kier molecular flexibility index (Phi) is 8.61. The zero-order valence-electron chi connectivity index (χ0n) is 23.8. The molecule has 0 bridgehead atoms. The Morgan fingerprint density at radius 2 is 1.84 bits per heavy atom. The van der Waals surface area contributed by atoms with Gasteiger partial charge in [-0.1, -0.05) is 76.6 Å². The third kappa shape index (κ3) is 5.96. The Balaban J connectivity index is 1.69. The third-order valence-corrected chi connectivity index (χ3v) is 8.57. The Bertz CT molecular complexity index is 1250. The van der Waals surface area contributed by atoms with Crippen LogP contribution >= 0.6 is 0 Å². The van der Waals surface area contributed by atoms with Crippen LogP contribution < -0.4 is 16.6 Å². The molecule has 0 unspecified atom stereocenters. The summed E-state index contributed by atoms with van der Waals surface area (Å²) in [7, 11) is 1.78. The first-order chi connectivity index (χ1) is 18.1. The fourth-order valence-electron chi connectivity index (χ4n) is 6.15. The molecule has 1 aromatic heterocycles. The van der Waals surface area contributed by atoms with Gasteiger partial charge in [-0.25, -0.2) is 10.8 Å². The van der Waals surface area contributed by atoms with Crippen molar-refractivity contribution in [1.29, 1.82) is 0 Å². The van der Waals surface area contributed by atoms with Gasteiger partial charge in [0, 0.05) is 43.7 Å². The number of hydrogen-bond donors (Lipinski definition) is 2. The summed E-state index contributed by atoms with van der Waals surface area (Å²) in [5.41, 5.74) is 12.9. The molecule has 204 valence electrons. The van der Waals surface area contributed by atoms with Gasteiger partial charge in [-0.3, -0.25) is 0 Å². The largest absolute Gasteiger partial charge is 0.397 e. The molecule has 0 amide bonds. The van der Waals surface area contributed by atoms with Gasteiger partial charge in [0.1, 0.15) is 12.1 Å². The van der Waals surface area contributed by atoms with Crippen molar-refractivity contribution in [1.82, 2.24) is 9.55 Å². The summed E-state index contributed by atoms with van der Waals surface area (Å²) in [4.78, 5) is 17.1. The number of nitrogens with zero attached hydrogens (tertiary/aromatic N) is 3. The monoisotopic (exact) mass is 515 g/mol. The van der Waals surface area contributed by atoms with E-state index in [9.17, 15) is 4.79 Å². The maximum atomic E-state index is 12.4. The number of rotatable bonds is 9. The van der Waals surface area contributed by atoms with E-state index >= 15 is 0 Å². The van der Waals surface area contributed by atoms with Crippen LogP contribution in [-0.2, 0) is 17.8 Å². The minimum absolute atomic E-state index is 0.146. The SMILES string of the molecule is Cc1ccc([C@@H](c2ccc(N(C)N)c(N)c2C)C(C)(C)C=O)cc1Cn1ccnc1CC1CCCCCC1. The van der Waals surface area contributed by atoms with Gasteiger partial charge in [-0.05, 0) is 53.6 Å². The quantitative estimate of drug-likeness (QED) is 0.115. The standard InChI is InChI=1S/C32H45N5O/c1-22-12-13-25(30(32(3,4)21-38)27-14-15-28(36(5)34)31(33)23(27)2)19-26(22)20-37-17-16-35-29(37)18-24-10-8-6-7-9-11-24/h12-17,19,21,24,30H,6-11,18,20,33-34H2,1-5H3/t30-/m0/s1. The van der Waals surface area contributed by atoms with Crippen molar-refractivity contribution in [2.45, 2.75) is 85.1 Å². The Labute approximate surface area is 228 Å². The molecule has 2 aromatic carbocycles. The normalized spacial score (nSPS) is 15.7. The average Bonchev–Trinajstić information content (AvgIpc) is 3.14. The Morgan fingerprint density at radius 3 is 2.50 bits per heavy atom. The number of carbonyl (C=O) groups excluding carboxylic acids is 1. The van der Waals surface area contributed by atoms with Crippen molar-refractivity contribution < 1.29 is 4.79 Å². The molecule has 1 saturated carbocycles. The number of carbonyl (C=O) groups is 1. The van der Waals surface area contributed by atoms with Crippen LogP contribution in [0.25, 0.3) is 0 Å². The summed E-state index contributed by atoms with van der Waals surface area (Å²) >= 11 is 0. The molecule has 0 aliphatic heterocycles. The highest BCUT2D eigenvalue weighted by atomic mass is 16.1. The van der Waals surface area contributed by atoms with E-state index in [1.165, 1.54) is 60.5 Å². The van der Waals surface area contributed by atoms with Crippen LogP contribution in [0.3, 0.4) is 0 Å². The van der Waals surface area contributed by atoms with Gasteiger partial charge in [-0.15, -0.1) is 0 Å². The second-order valence-electron chi connectivity index (χ2n) is 11.9. The van der Waals surface area contributed by atoms with Crippen LogP contribution in [-0.4, -0.2) is 22.9 Å². The van der Waals surface area contributed by atoms with E-state index < -0.39 is 5.41 Å². The van der Waals surface area contributed by atoms with Crippen LogP contribution in [0.1, 0.15) is 91.9 Å². The van der Waals surface area contributed by atoms with Crippen molar-refractivity contribution >= 4 is 17.7 Å². The summed E-state index contributed by atoms with van der Waals surface area (Å²) in [5.74, 6) is 7.76. The van der Waals surface area contributed by atoms with E-state index in [1.54, 1.807) is 7.05 Å². The number of hydrogen-bond acceptors (Lipinski definition) is 5. The van der Waals surface area contributed by atoms with Crippen molar-refractivity contribution in [2.75, 3.05) is 17.8 Å². The van der Waals surface area contributed by atoms with Gasteiger partial charge in [-0.2, -0.15) is 0 Å². The van der Waals surface area contributed by atoms with Crippen LogP contribution in [0.4, 0.5) is 11.4 Å². The molecular weight excluding hydrogens is 470 g/mol. The van der Waals surface area contributed by atoms with Gasteiger partial charge >= 0.3 is 0 Å².